The largest absolute Gasteiger partial charge is 0.443 e. The number of carbonyl (C=O) groups is 2. The van der Waals surface area contributed by atoms with Gasteiger partial charge in [-0.25, -0.2) is 19.6 Å². The lowest BCUT2D eigenvalue weighted by Crippen LogP contribution is -2.67. The molecule has 234 valence electrons. The third kappa shape index (κ3) is 7.63. The molecule has 1 aliphatic carbocycles. The Labute approximate surface area is 262 Å². The second kappa shape index (κ2) is 12.7. The molecule has 0 fully saturated rings. The van der Waals surface area contributed by atoms with Crippen LogP contribution in [0.2, 0.25) is 5.04 Å². The Hall–Kier alpha value is -3.82. The molecule has 0 unspecified atom stereocenters. The first-order valence-electron chi connectivity index (χ1n) is 15.1. The van der Waals surface area contributed by atoms with Crippen LogP contribution in [0.25, 0.3) is 0 Å². The van der Waals surface area contributed by atoms with Crippen LogP contribution in [0.15, 0.2) is 85.2 Å². The van der Waals surface area contributed by atoms with Crippen molar-refractivity contribution < 1.29 is 23.5 Å². The van der Waals surface area contributed by atoms with Crippen molar-refractivity contribution in [1.29, 1.82) is 0 Å². The van der Waals surface area contributed by atoms with E-state index in [1.165, 1.54) is 10.4 Å². The molecule has 0 N–H and O–H groups in total. The first-order chi connectivity index (χ1) is 20.5. The zero-order valence-corrected chi connectivity index (χ0v) is 28.3. The van der Waals surface area contributed by atoms with Crippen LogP contribution in [0.4, 0.5) is 15.5 Å². The third-order valence-electron chi connectivity index (χ3n) is 7.23. The Morgan fingerprint density at radius 3 is 1.59 bits per heavy atom. The van der Waals surface area contributed by atoms with Crippen molar-refractivity contribution in [2.75, 3.05) is 4.90 Å². The molecule has 0 bridgehead atoms. The number of aromatic nitrogens is 2. The van der Waals surface area contributed by atoms with Gasteiger partial charge in [-0.2, -0.15) is 0 Å². The van der Waals surface area contributed by atoms with Crippen LogP contribution in [0.1, 0.15) is 80.2 Å². The molecule has 2 atom stereocenters. The zero-order chi connectivity index (χ0) is 32.3. The van der Waals surface area contributed by atoms with E-state index in [4.69, 9.17) is 13.9 Å². The van der Waals surface area contributed by atoms with Crippen molar-refractivity contribution in [3.8, 4) is 0 Å². The van der Waals surface area contributed by atoms with Gasteiger partial charge in [0.1, 0.15) is 11.2 Å². The number of hydrogen-bond acceptors (Lipinski definition) is 7. The van der Waals surface area contributed by atoms with Gasteiger partial charge in [-0.15, -0.1) is 4.90 Å². The van der Waals surface area contributed by atoms with Crippen molar-refractivity contribution >= 4 is 36.8 Å². The van der Waals surface area contributed by atoms with E-state index in [0.29, 0.717) is 0 Å². The minimum atomic E-state index is -2.73. The highest BCUT2D eigenvalue weighted by Gasteiger charge is 2.51. The van der Waals surface area contributed by atoms with Crippen molar-refractivity contribution in [3.05, 3.63) is 90.8 Å². The maximum Gasteiger partial charge on any atom is 0.427 e. The fraction of sp³-hybridized carbons (Fsp3) is 0.429. The Bertz CT molecular complexity index is 1390. The van der Waals surface area contributed by atoms with Crippen LogP contribution >= 0.6 is 0 Å². The normalized spacial score (nSPS) is 17.3. The standard InChI is InChI=1S/C35H45N3O5Si/c1-33(2,3)41-31(39)38(32(40)42-34(4,5)6)30-36-23-26(24-37-30)25-20-21-27(22-25)43-44(35(7,8)9,28-16-12-10-13-17-28)29-18-14-11-15-19-29/h10-21,23-25,27H,22H2,1-9H3/t25-,27-/m0/s1. The van der Waals surface area contributed by atoms with Gasteiger partial charge in [0, 0.05) is 18.3 Å². The zero-order valence-electron chi connectivity index (χ0n) is 27.3. The molecule has 9 heteroatoms. The maximum absolute atomic E-state index is 13.0. The highest BCUT2D eigenvalue weighted by Crippen LogP contribution is 2.40. The van der Waals surface area contributed by atoms with Gasteiger partial charge >= 0.3 is 12.2 Å². The molecular weight excluding hydrogens is 570 g/mol. The second-order valence-electron chi connectivity index (χ2n) is 14.2. The predicted octanol–water partition coefficient (Wildman–Crippen LogP) is 7.14. The van der Waals surface area contributed by atoms with Crippen molar-refractivity contribution in [3.63, 3.8) is 0 Å². The second-order valence-corrected chi connectivity index (χ2v) is 18.4. The minimum absolute atomic E-state index is 0.00349. The van der Waals surface area contributed by atoms with Crippen LogP contribution < -0.4 is 15.3 Å². The average Bonchev–Trinajstić information content (AvgIpc) is 3.39. The lowest BCUT2D eigenvalue weighted by molar-refractivity contribution is 0.0427. The van der Waals surface area contributed by atoms with Crippen LogP contribution in [0.5, 0.6) is 0 Å². The summed E-state index contributed by atoms with van der Waals surface area (Å²) in [6.07, 6.45) is 6.33. The first kappa shape index (κ1) is 33.1. The molecule has 0 spiro atoms. The molecule has 0 saturated heterocycles. The molecule has 0 aliphatic heterocycles. The van der Waals surface area contributed by atoms with Gasteiger partial charge in [-0.3, -0.25) is 0 Å². The molecule has 0 radical (unpaired) electrons. The lowest BCUT2D eigenvalue weighted by atomic mass is 10.0. The summed E-state index contributed by atoms with van der Waals surface area (Å²) in [5.74, 6) is -0.108. The smallest absolute Gasteiger partial charge is 0.427 e. The van der Waals surface area contributed by atoms with E-state index in [-0.39, 0.29) is 23.0 Å². The Morgan fingerprint density at radius 2 is 1.18 bits per heavy atom. The number of anilines is 1. The molecule has 2 amide bonds. The highest BCUT2D eigenvalue weighted by atomic mass is 28.4. The van der Waals surface area contributed by atoms with E-state index >= 15 is 0 Å². The van der Waals surface area contributed by atoms with Gasteiger partial charge in [0.2, 0.25) is 5.95 Å². The lowest BCUT2D eigenvalue weighted by Gasteiger charge is -2.44. The van der Waals surface area contributed by atoms with Crippen LogP contribution in [0.3, 0.4) is 0 Å². The number of hydrogen-bond donors (Lipinski definition) is 0. The number of nitrogens with zero attached hydrogens (tertiary/aromatic N) is 3. The fourth-order valence-corrected chi connectivity index (χ4v) is 10.1. The number of amides is 2. The molecule has 1 aliphatic rings. The molecule has 1 heterocycles. The fourth-order valence-electron chi connectivity index (χ4n) is 5.41. The number of imide groups is 1. The first-order valence-corrected chi connectivity index (χ1v) is 17.0. The van der Waals surface area contributed by atoms with E-state index in [9.17, 15) is 9.59 Å². The van der Waals surface area contributed by atoms with E-state index in [1.54, 1.807) is 53.9 Å². The number of allylic oxidation sites excluding steroid dienone is 1. The van der Waals surface area contributed by atoms with Gasteiger partial charge in [-0.1, -0.05) is 93.6 Å². The summed E-state index contributed by atoms with van der Waals surface area (Å²) >= 11 is 0. The van der Waals surface area contributed by atoms with E-state index in [1.807, 2.05) is 12.1 Å². The molecule has 2 aromatic carbocycles. The number of benzene rings is 2. The van der Waals surface area contributed by atoms with E-state index in [0.717, 1.165) is 16.9 Å². The summed E-state index contributed by atoms with van der Waals surface area (Å²) < 4.78 is 18.2. The summed E-state index contributed by atoms with van der Waals surface area (Å²) in [5.41, 5.74) is -0.801. The van der Waals surface area contributed by atoms with Crippen molar-refractivity contribution in [1.82, 2.24) is 9.97 Å². The van der Waals surface area contributed by atoms with Gasteiger partial charge in [0.05, 0.1) is 6.10 Å². The van der Waals surface area contributed by atoms with Gasteiger partial charge < -0.3 is 13.9 Å². The number of ether oxygens (including phenoxy) is 2. The quantitative estimate of drug-likeness (QED) is 0.215. The molecule has 1 aromatic heterocycles. The van der Waals surface area contributed by atoms with Crippen molar-refractivity contribution in [2.24, 2.45) is 0 Å². The van der Waals surface area contributed by atoms with Crippen LogP contribution in [-0.2, 0) is 13.9 Å². The molecular formula is C35H45N3O5Si. The van der Waals surface area contributed by atoms with E-state index in [2.05, 4.69) is 91.4 Å². The summed E-state index contributed by atoms with van der Waals surface area (Å²) in [7, 11) is -2.73. The topological polar surface area (TPSA) is 90.9 Å². The summed E-state index contributed by atoms with van der Waals surface area (Å²) in [6, 6.07) is 21.2. The predicted molar refractivity (Wildman–Crippen MR) is 176 cm³/mol. The third-order valence-corrected chi connectivity index (χ3v) is 12.3. The number of rotatable bonds is 6. The van der Waals surface area contributed by atoms with Gasteiger partial charge in [0.15, 0.2) is 0 Å². The number of carbonyl (C=O) groups excluding carboxylic acids is 2. The summed E-state index contributed by atoms with van der Waals surface area (Å²) in [5, 5.41) is 2.32. The molecule has 4 rings (SSSR count). The van der Waals surface area contributed by atoms with Gasteiger partial charge in [-0.05, 0) is 68.9 Å². The maximum atomic E-state index is 13.0. The molecule has 8 nitrogen and oxygen atoms in total. The molecule has 3 aromatic rings. The highest BCUT2D eigenvalue weighted by molar-refractivity contribution is 6.99. The monoisotopic (exact) mass is 615 g/mol. The minimum Gasteiger partial charge on any atom is -0.443 e. The van der Waals surface area contributed by atoms with E-state index < -0.39 is 31.7 Å². The van der Waals surface area contributed by atoms with Crippen LogP contribution in [-0.4, -0.2) is 47.8 Å². The Kier molecular flexibility index (Phi) is 9.51. The Morgan fingerprint density at radius 1 is 0.727 bits per heavy atom. The average molecular weight is 616 g/mol. The SMILES string of the molecule is CC(C)(C)OC(=O)N(C(=O)OC(C)(C)C)c1ncc([C@H]2C=C[C@H](O[Si](c3ccccc3)(c3ccccc3)C(C)(C)C)C2)cn1. The van der Waals surface area contributed by atoms with Gasteiger partial charge in [0.25, 0.3) is 8.32 Å². The Balaban J connectivity index is 1.59. The molecule has 0 saturated carbocycles. The van der Waals surface area contributed by atoms with Crippen LogP contribution in [0, 0.1) is 0 Å². The molecule has 44 heavy (non-hydrogen) atoms. The summed E-state index contributed by atoms with van der Waals surface area (Å²) in [6.45, 7) is 17.1. The summed E-state index contributed by atoms with van der Waals surface area (Å²) in [4.78, 5) is 35.6. The van der Waals surface area contributed by atoms with Crippen molar-refractivity contribution in [2.45, 2.75) is 97.0 Å².